The normalized spacial score (nSPS) is 11.6. The van der Waals surface area contributed by atoms with Crippen molar-refractivity contribution in [3.63, 3.8) is 0 Å². The number of benzene rings is 1. The van der Waals surface area contributed by atoms with Gasteiger partial charge in [-0.1, -0.05) is 19.9 Å². The maximum atomic E-state index is 5.81. The molecule has 0 bridgehead atoms. The first-order chi connectivity index (χ1) is 8.97. The average Bonchev–Trinajstić information content (AvgIpc) is 2.81. The smallest absolute Gasteiger partial charge is 0.121 e. The molecule has 0 atom stereocenters. The van der Waals surface area contributed by atoms with Crippen LogP contribution in [0.4, 0.5) is 0 Å². The topological polar surface area (TPSA) is 53.1 Å². The van der Waals surface area contributed by atoms with Gasteiger partial charge in [-0.15, -0.1) is 0 Å². The number of aromatic nitrogens is 2. The Balaban J connectivity index is 2.45. The number of hydrogen-bond acceptors (Lipinski definition) is 3. The van der Waals surface area contributed by atoms with Crippen LogP contribution >= 0.6 is 0 Å². The van der Waals surface area contributed by atoms with E-state index in [0.29, 0.717) is 6.54 Å². The van der Waals surface area contributed by atoms with Crippen LogP contribution in [-0.4, -0.2) is 23.4 Å². The standard InChI is InChI=1S/C15H21N3O/c1-11-8-14(15(2,3)10-16)17-18(11)12-6-5-7-13(9-12)19-4/h5-9H,10,16H2,1-4H3. The zero-order valence-corrected chi connectivity index (χ0v) is 12.0. The molecule has 1 heterocycles. The Labute approximate surface area is 114 Å². The van der Waals surface area contributed by atoms with E-state index in [9.17, 15) is 0 Å². The minimum Gasteiger partial charge on any atom is -0.497 e. The van der Waals surface area contributed by atoms with Gasteiger partial charge in [0, 0.05) is 23.7 Å². The number of nitrogens with two attached hydrogens (primary N) is 1. The van der Waals surface area contributed by atoms with Gasteiger partial charge in [0.1, 0.15) is 5.75 Å². The SMILES string of the molecule is COc1cccc(-n2nc(C(C)(C)CN)cc2C)c1. The second-order valence-corrected chi connectivity index (χ2v) is 5.37. The van der Waals surface area contributed by atoms with Gasteiger partial charge < -0.3 is 10.5 Å². The van der Waals surface area contributed by atoms with Crippen LogP contribution in [-0.2, 0) is 5.41 Å². The minimum absolute atomic E-state index is 0.116. The molecule has 1 aromatic heterocycles. The molecule has 0 aliphatic carbocycles. The molecule has 2 rings (SSSR count). The average molecular weight is 259 g/mol. The summed E-state index contributed by atoms with van der Waals surface area (Å²) < 4.78 is 7.18. The van der Waals surface area contributed by atoms with E-state index in [1.807, 2.05) is 35.9 Å². The lowest BCUT2D eigenvalue weighted by atomic mass is 9.90. The Hall–Kier alpha value is -1.81. The third-order valence-corrected chi connectivity index (χ3v) is 3.39. The van der Waals surface area contributed by atoms with Crippen LogP contribution in [0.1, 0.15) is 25.2 Å². The number of nitrogens with zero attached hydrogens (tertiary/aromatic N) is 2. The van der Waals surface area contributed by atoms with Crippen molar-refractivity contribution in [1.29, 1.82) is 0 Å². The van der Waals surface area contributed by atoms with Gasteiger partial charge in [0.2, 0.25) is 0 Å². The first-order valence-corrected chi connectivity index (χ1v) is 6.39. The molecule has 0 saturated carbocycles. The molecule has 0 aliphatic heterocycles. The van der Waals surface area contributed by atoms with Gasteiger partial charge in [-0.05, 0) is 25.1 Å². The van der Waals surface area contributed by atoms with E-state index in [1.165, 1.54) is 0 Å². The highest BCUT2D eigenvalue weighted by atomic mass is 16.5. The summed E-state index contributed by atoms with van der Waals surface area (Å²) in [6, 6.07) is 9.96. The van der Waals surface area contributed by atoms with E-state index >= 15 is 0 Å². The van der Waals surface area contributed by atoms with Gasteiger partial charge in [-0.3, -0.25) is 0 Å². The highest BCUT2D eigenvalue weighted by Crippen LogP contribution is 2.24. The van der Waals surface area contributed by atoms with Crippen LogP contribution in [0.5, 0.6) is 5.75 Å². The van der Waals surface area contributed by atoms with Gasteiger partial charge in [-0.25, -0.2) is 4.68 Å². The number of methoxy groups -OCH3 is 1. The fourth-order valence-corrected chi connectivity index (χ4v) is 1.91. The maximum Gasteiger partial charge on any atom is 0.121 e. The third-order valence-electron chi connectivity index (χ3n) is 3.39. The van der Waals surface area contributed by atoms with Gasteiger partial charge >= 0.3 is 0 Å². The van der Waals surface area contributed by atoms with Crippen molar-refractivity contribution >= 4 is 0 Å². The van der Waals surface area contributed by atoms with Gasteiger partial charge in [-0.2, -0.15) is 5.10 Å². The molecule has 0 spiro atoms. The fourth-order valence-electron chi connectivity index (χ4n) is 1.91. The molecule has 4 nitrogen and oxygen atoms in total. The van der Waals surface area contributed by atoms with Crippen LogP contribution < -0.4 is 10.5 Å². The number of aryl methyl sites for hydroxylation is 1. The number of hydrogen-bond donors (Lipinski definition) is 1. The van der Waals surface area contributed by atoms with E-state index in [4.69, 9.17) is 10.5 Å². The summed E-state index contributed by atoms with van der Waals surface area (Å²) in [6.07, 6.45) is 0. The first kappa shape index (κ1) is 13.6. The van der Waals surface area contributed by atoms with E-state index in [-0.39, 0.29) is 5.41 Å². The van der Waals surface area contributed by atoms with Gasteiger partial charge in [0.05, 0.1) is 18.5 Å². The molecule has 102 valence electrons. The zero-order valence-electron chi connectivity index (χ0n) is 12.0. The van der Waals surface area contributed by atoms with E-state index in [2.05, 4.69) is 25.0 Å². The molecule has 0 fully saturated rings. The third kappa shape index (κ3) is 2.63. The monoisotopic (exact) mass is 259 g/mol. The van der Waals surface area contributed by atoms with Crippen molar-refractivity contribution in [3.05, 3.63) is 41.7 Å². The molecule has 0 radical (unpaired) electrons. The molecule has 4 heteroatoms. The van der Waals surface area contributed by atoms with Crippen LogP contribution in [0.2, 0.25) is 0 Å². The largest absolute Gasteiger partial charge is 0.497 e. The molecule has 19 heavy (non-hydrogen) atoms. The van der Waals surface area contributed by atoms with Crippen LogP contribution in [0.25, 0.3) is 5.69 Å². The van der Waals surface area contributed by atoms with Crippen molar-refractivity contribution in [3.8, 4) is 11.4 Å². The zero-order chi connectivity index (χ0) is 14.0. The Morgan fingerprint density at radius 2 is 2.05 bits per heavy atom. The highest BCUT2D eigenvalue weighted by Gasteiger charge is 2.23. The summed E-state index contributed by atoms with van der Waals surface area (Å²) >= 11 is 0. The Morgan fingerprint density at radius 1 is 1.32 bits per heavy atom. The summed E-state index contributed by atoms with van der Waals surface area (Å²) in [5, 5.41) is 4.68. The van der Waals surface area contributed by atoms with E-state index in [1.54, 1.807) is 7.11 Å². The maximum absolute atomic E-state index is 5.81. The van der Waals surface area contributed by atoms with Crippen molar-refractivity contribution in [2.75, 3.05) is 13.7 Å². The van der Waals surface area contributed by atoms with Crippen molar-refractivity contribution in [2.24, 2.45) is 5.73 Å². The van der Waals surface area contributed by atoms with Crippen LogP contribution in [0.3, 0.4) is 0 Å². The fraction of sp³-hybridized carbons (Fsp3) is 0.400. The predicted molar refractivity (Wildman–Crippen MR) is 76.9 cm³/mol. The summed E-state index contributed by atoms with van der Waals surface area (Å²) in [4.78, 5) is 0. The number of rotatable bonds is 4. The molecular weight excluding hydrogens is 238 g/mol. The molecule has 0 unspecified atom stereocenters. The van der Waals surface area contributed by atoms with E-state index in [0.717, 1.165) is 22.8 Å². The number of ether oxygens (including phenoxy) is 1. The summed E-state index contributed by atoms with van der Waals surface area (Å²) in [5.74, 6) is 0.826. The lowest BCUT2D eigenvalue weighted by Gasteiger charge is -2.19. The lowest BCUT2D eigenvalue weighted by Crippen LogP contribution is -2.28. The van der Waals surface area contributed by atoms with Crippen molar-refractivity contribution in [2.45, 2.75) is 26.2 Å². The second-order valence-electron chi connectivity index (χ2n) is 5.37. The Kier molecular flexibility index (Phi) is 3.62. The highest BCUT2D eigenvalue weighted by molar-refractivity contribution is 5.40. The molecule has 0 amide bonds. The Bertz CT molecular complexity index is 573. The summed E-state index contributed by atoms with van der Waals surface area (Å²) in [7, 11) is 1.66. The molecular formula is C15H21N3O. The Morgan fingerprint density at radius 3 is 2.68 bits per heavy atom. The van der Waals surface area contributed by atoms with Gasteiger partial charge in [0.25, 0.3) is 0 Å². The molecule has 0 aliphatic rings. The minimum atomic E-state index is -0.116. The summed E-state index contributed by atoms with van der Waals surface area (Å²) in [5.41, 5.74) is 8.79. The molecule has 2 N–H and O–H groups in total. The molecule has 2 aromatic rings. The van der Waals surface area contributed by atoms with Crippen molar-refractivity contribution < 1.29 is 4.74 Å². The van der Waals surface area contributed by atoms with Gasteiger partial charge in [0.15, 0.2) is 0 Å². The first-order valence-electron chi connectivity index (χ1n) is 6.39. The van der Waals surface area contributed by atoms with E-state index < -0.39 is 0 Å². The van der Waals surface area contributed by atoms with Crippen LogP contribution in [0, 0.1) is 6.92 Å². The second kappa shape index (κ2) is 5.05. The predicted octanol–water partition coefficient (Wildman–Crippen LogP) is 2.43. The molecule has 0 saturated heterocycles. The van der Waals surface area contributed by atoms with Crippen molar-refractivity contribution in [1.82, 2.24) is 9.78 Å². The van der Waals surface area contributed by atoms with Crippen LogP contribution in [0.15, 0.2) is 30.3 Å². The quantitative estimate of drug-likeness (QED) is 0.917. The molecule has 1 aromatic carbocycles. The lowest BCUT2D eigenvalue weighted by molar-refractivity contribution is 0.414. The summed E-state index contributed by atoms with van der Waals surface area (Å²) in [6.45, 7) is 6.82.